The van der Waals surface area contributed by atoms with Crippen molar-refractivity contribution in [1.29, 1.82) is 0 Å². The van der Waals surface area contributed by atoms with Crippen LogP contribution in [-0.2, 0) is 81.5 Å². The van der Waals surface area contributed by atoms with E-state index in [4.69, 9.17) is 0 Å². The fourth-order valence-electron chi connectivity index (χ4n) is 0.397. The average Bonchev–Trinajstić information content (AvgIpc) is 1.65. The second-order valence-electron chi connectivity index (χ2n) is 2.03. The third kappa shape index (κ3) is 18.1. The molecule has 0 fully saturated rings. The Morgan fingerprint density at radius 3 is 0.850 bits per heavy atom. The van der Waals surface area contributed by atoms with Crippen molar-refractivity contribution in [2.24, 2.45) is 0 Å². The van der Waals surface area contributed by atoms with E-state index in [1.54, 1.807) is 0 Å². The predicted octanol–water partition coefficient (Wildman–Crippen LogP) is -4.38. The summed E-state index contributed by atoms with van der Waals surface area (Å²) in [6.45, 7) is 0. The monoisotopic (exact) mass is 509 g/mol. The number of hydrogen-bond donors (Lipinski definition) is 0. The molecule has 2 unspecified atom stereocenters. The van der Waals surface area contributed by atoms with Crippen LogP contribution in [-0.4, -0.2) is 0 Å². The summed E-state index contributed by atoms with van der Waals surface area (Å²) in [5.74, 6) is 0. The minimum atomic E-state index is -6.26. The Balaban J connectivity index is -0.000000427. The van der Waals surface area contributed by atoms with Crippen molar-refractivity contribution in [3.8, 4) is 0 Å². The molecular weight excluding hydrogens is 509 g/mol. The molecule has 0 saturated heterocycles. The third-order valence-corrected chi connectivity index (χ3v) is 5.40. The molecule has 0 saturated carbocycles. The Kier molecular flexibility index (Phi) is 15.1. The van der Waals surface area contributed by atoms with Crippen molar-refractivity contribution >= 4 is 31.3 Å². The van der Waals surface area contributed by atoms with Crippen LogP contribution in [0.15, 0.2) is 0 Å². The molecule has 0 spiro atoms. The minimum absolute atomic E-state index is 0. The molecule has 13 nitrogen and oxygen atoms in total. The maximum absolute atomic E-state index is 10.4. The van der Waals surface area contributed by atoms with Crippen LogP contribution in [0.4, 0.5) is 0 Å². The number of phosphoric acid groups is 4. The zero-order valence-corrected chi connectivity index (χ0v) is 14.8. The molecule has 0 rings (SSSR count). The van der Waals surface area contributed by atoms with Gasteiger partial charge in [-0.15, -0.1) is 0 Å². The summed E-state index contributed by atoms with van der Waals surface area (Å²) in [7, 11) is -24.9. The van der Waals surface area contributed by atoms with Crippen LogP contribution in [0.3, 0.4) is 0 Å². The fraction of sp³-hybridized carbons (Fsp3) is 0. The van der Waals surface area contributed by atoms with Gasteiger partial charge in [-0.25, -0.2) is 4.31 Å². The molecule has 0 heterocycles. The Morgan fingerprint density at radius 2 is 0.700 bits per heavy atom. The van der Waals surface area contributed by atoms with Crippen molar-refractivity contribution in [3.05, 3.63) is 0 Å². The van der Waals surface area contributed by atoms with Crippen LogP contribution >= 0.6 is 31.3 Å². The summed E-state index contributed by atoms with van der Waals surface area (Å²) in [5.41, 5.74) is 0. The van der Waals surface area contributed by atoms with E-state index in [0.29, 0.717) is 0 Å². The van der Waals surface area contributed by atoms with E-state index in [9.17, 15) is 47.6 Å². The van der Waals surface area contributed by atoms with Gasteiger partial charge in [0.05, 0.1) is 15.6 Å². The van der Waals surface area contributed by atoms with E-state index in [-0.39, 0.29) is 50.3 Å². The standard InChI is InChI=1S/3Co.H6O13P4/c;;;1-14(2,3)11-16(7,8)13-17(9,10)12-15(4,5)6/h;;;(H,7,8)(H,9,10)(H2,1,2,3)(H2,4,5,6)/q3*+2;/p-6. The largest absolute Gasteiger partial charge is 2.00 e. The van der Waals surface area contributed by atoms with Gasteiger partial charge in [0.25, 0.3) is 15.6 Å². The van der Waals surface area contributed by atoms with E-state index in [0.717, 1.165) is 0 Å². The first-order chi connectivity index (χ1) is 7.12. The predicted molar refractivity (Wildman–Crippen MR) is 33.7 cm³/mol. The number of rotatable bonds is 6. The van der Waals surface area contributed by atoms with Crippen LogP contribution in [0.25, 0.3) is 0 Å². The molecule has 0 aliphatic rings. The zero-order valence-electron chi connectivity index (χ0n) is 8.10. The van der Waals surface area contributed by atoms with Gasteiger partial charge in [-0.05, 0) is 0 Å². The van der Waals surface area contributed by atoms with E-state index in [1.165, 1.54) is 0 Å². The summed E-state index contributed by atoms with van der Waals surface area (Å²) < 4.78 is 48.5. The molecule has 3 radical (unpaired) electrons. The van der Waals surface area contributed by atoms with E-state index in [1.807, 2.05) is 0 Å². The normalized spacial score (nSPS) is 17.5. The van der Waals surface area contributed by atoms with Crippen LogP contribution in [0, 0.1) is 0 Å². The molecule has 0 aromatic carbocycles. The van der Waals surface area contributed by atoms with Crippen molar-refractivity contribution < 1.29 is 111 Å². The first-order valence-electron chi connectivity index (χ1n) is 2.92. The zero-order chi connectivity index (χ0) is 14.1. The molecule has 2 atom stereocenters. The summed E-state index contributed by atoms with van der Waals surface area (Å²) in [6.07, 6.45) is 0. The second kappa shape index (κ2) is 10.1. The molecule has 20 heavy (non-hydrogen) atoms. The van der Waals surface area contributed by atoms with Crippen molar-refractivity contribution in [1.82, 2.24) is 0 Å². The maximum atomic E-state index is 10.4. The van der Waals surface area contributed by atoms with Gasteiger partial charge < -0.3 is 38.5 Å². The van der Waals surface area contributed by atoms with Crippen molar-refractivity contribution in [3.63, 3.8) is 0 Å². The summed E-state index contributed by atoms with van der Waals surface area (Å²) in [5, 5.41) is 0. The number of hydrogen-bond acceptors (Lipinski definition) is 13. The molecule has 0 bridgehead atoms. The van der Waals surface area contributed by atoms with Crippen LogP contribution in [0.1, 0.15) is 0 Å². The molecule has 0 aliphatic heterocycles. The average molecular weight is 509 g/mol. The summed E-state index contributed by atoms with van der Waals surface area (Å²) >= 11 is 0. The van der Waals surface area contributed by atoms with Gasteiger partial charge in [0, 0.05) is 0 Å². The van der Waals surface area contributed by atoms with Gasteiger partial charge in [0.15, 0.2) is 0 Å². The van der Waals surface area contributed by atoms with Crippen molar-refractivity contribution in [2.45, 2.75) is 0 Å². The topological polar surface area (TPSA) is 234 Å². The quantitative estimate of drug-likeness (QED) is 0.308. The van der Waals surface area contributed by atoms with E-state index < -0.39 is 31.3 Å². The van der Waals surface area contributed by atoms with Crippen LogP contribution in [0.2, 0.25) is 0 Å². The Labute approximate surface area is 142 Å². The molecule has 0 aliphatic carbocycles. The summed E-state index contributed by atoms with van der Waals surface area (Å²) in [6, 6.07) is 0. The maximum Gasteiger partial charge on any atom is 2.00 e. The van der Waals surface area contributed by atoms with Crippen LogP contribution < -0.4 is 29.4 Å². The van der Waals surface area contributed by atoms with E-state index in [2.05, 4.69) is 12.9 Å². The van der Waals surface area contributed by atoms with E-state index >= 15 is 0 Å². The fourth-order valence-corrected chi connectivity index (χ4v) is 4.11. The first kappa shape index (κ1) is 30.0. The molecule has 125 valence electrons. The second-order valence-corrected chi connectivity index (χ2v) is 7.57. The molecule has 20 heteroatoms. The third-order valence-electron chi connectivity index (χ3n) is 0.600. The SMILES string of the molecule is O=P([O-])([O-])OP(=O)([O-])OP(=O)([O-])OP(=O)([O-])[O-].[Co+2].[Co+2].[Co+2]. The van der Waals surface area contributed by atoms with Gasteiger partial charge in [-0.3, -0.25) is 17.8 Å². The van der Waals surface area contributed by atoms with Crippen molar-refractivity contribution in [2.75, 3.05) is 0 Å². The van der Waals surface area contributed by atoms with Gasteiger partial charge in [-0.2, -0.15) is 0 Å². The smallest absolute Gasteiger partial charge is 0.790 e. The first-order valence-corrected chi connectivity index (χ1v) is 8.76. The van der Waals surface area contributed by atoms with Gasteiger partial charge in [-0.1, -0.05) is 0 Å². The Hall–Kier alpha value is 2.08. The Morgan fingerprint density at radius 1 is 0.500 bits per heavy atom. The van der Waals surface area contributed by atoms with Gasteiger partial charge >= 0.3 is 50.3 Å². The molecule has 0 aromatic heterocycles. The molecular formula is Co3O13P4. The summed E-state index contributed by atoms with van der Waals surface area (Å²) in [4.78, 5) is 60.0. The van der Waals surface area contributed by atoms with Gasteiger partial charge in [0.1, 0.15) is 0 Å². The minimum Gasteiger partial charge on any atom is -0.790 e. The molecule has 0 aromatic rings. The Bertz CT molecular complexity index is 414. The van der Waals surface area contributed by atoms with Crippen LogP contribution in [0.5, 0.6) is 0 Å². The molecule has 0 amide bonds. The van der Waals surface area contributed by atoms with Gasteiger partial charge in [0.2, 0.25) is 0 Å². The molecule has 0 N–H and O–H groups in total.